The predicted molar refractivity (Wildman–Crippen MR) is 60.1 cm³/mol. The van der Waals surface area contributed by atoms with Crippen molar-refractivity contribution in [2.24, 2.45) is 0 Å². The number of carbonyl (C=O) groups excluding carboxylic acids is 1. The number of likely N-dealkylation sites (N-methyl/N-ethyl adjacent to an activating group) is 1. The summed E-state index contributed by atoms with van der Waals surface area (Å²) < 4.78 is 3.95. The molecule has 2 rings (SSSR count). The fourth-order valence-electron chi connectivity index (χ4n) is 1.75. The van der Waals surface area contributed by atoms with Crippen LogP contribution in [-0.2, 0) is 0 Å². The van der Waals surface area contributed by atoms with E-state index in [1.54, 1.807) is 12.3 Å². The molecule has 82 valence electrons. The summed E-state index contributed by atoms with van der Waals surface area (Å²) >= 11 is 1.28. The molecule has 1 amide bonds. The Kier molecular flexibility index (Phi) is 3.33. The molecule has 1 saturated heterocycles. The Bertz CT molecular complexity index is 317. The van der Waals surface area contributed by atoms with Gasteiger partial charge in [-0.25, -0.2) is 4.37 Å². The van der Waals surface area contributed by atoms with Crippen molar-refractivity contribution in [1.82, 2.24) is 14.2 Å². The van der Waals surface area contributed by atoms with Crippen LogP contribution in [0.15, 0.2) is 12.3 Å². The zero-order valence-corrected chi connectivity index (χ0v) is 9.66. The second-order valence-electron chi connectivity index (χ2n) is 3.60. The molecule has 1 aromatic rings. The van der Waals surface area contributed by atoms with Crippen molar-refractivity contribution in [3.05, 3.63) is 17.1 Å². The number of amides is 1. The van der Waals surface area contributed by atoms with Crippen molar-refractivity contribution in [2.45, 2.75) is 6.92 Å². The molecular weight excluding hydrogens is 210 g/mol. The van der Waals surface area contributed by atoms with Gasteiger partial charge in [-0.1, -0.05) is 6.92 Å². The van der Waals surface area contributed by atoms with Gasteiger partial charge in [0.1, 0.15) is 4.88 Å². The maximum absolute atomic E-state index is 11.9. The molecule has 0 bridgehead atoms. The number of hydrogen-bond donors (Lipinski definition) is 0. The third-order valence-electron chi connectivity index (χ3n) is 2.76. The summed E-state index contributed by atoms with van der Waals surface area (Å²) in [6.07, 6.45) is 1.68. The van der Waals surface area contributed by atoms with Gasteiger partial charge in [-0.3, -0.25) is 4.79 Å². The van der Waals surface area contributed by atoms with E-state index in [0.29, 0.717) is 0 Å². The SMILES string of the molecule is CCN1CCN(C(=O)c2ccns2)CC1. The Morgan fingerprint density at radius 2 is 2.20 bits per heavy atom. The highest BCUT2D eigenvalue weighted by atomic mass is 32.1. The molecule has 15 heavy (non-hydrogen) atoms. The van der Waals surface area contributed by atoms with Crippen molar-refractivity contribution in [1.29, 1.82) is 0 Å². The molecule has 1 aromatic heterocycles. The lowest BCUT2D eigenvalue weighted by atomic mass is 10.3. The van der Waals surface area contributed by atoms with Gasteiger partial charge in [0.15, 0.2) is 0 Å². The number of aromatic nitrogens is 1. The van der Waals surface area contributed by atoms with Crippen LogP contribution in [0.1, 0.15) is 16.6 Å². The van der Waals surface area contributed by atoms with Gasteiger partial charge in [0.25, 0.3) is 5.91 Å². The highest BCUT2D eigenvalue weighted by Gasteiger charge is 2.21. The molecule has 5 heteroatoms. The first-order valence-corrected chi connectivity index (χ1v) is 6.01. The van der Waals surface area contributed by atoms with Crippen molar-refractivity contribution in [3.63, 3.8) is 0 Å². The third-order valence-corrected chi connectivity index (χ3v) is 3.49. The summed E-state index contributed by atoms with van der Waals surface area (Å²) in [5, 5.41) is 0. The van der Waals surface area contributed by atoms with E-state index in [1.807, 2.05) is 4.90 Å². The van der Waals surface area contributed by atoms with Crippen LogP contribution >= 0.6 is 11.5 Å². The highest BCUT2D eigenvalue weighted by molar-refractivity contribution is 7.08. The number of carbonyl (C=O) groups is 1. The van der Waals surface area contributed by atoms with E-state index in [1.165, 1.54) is 11.5 Å². The van der Waals surface area contributed by atoms with Crippen LogP contribution in [0, 0.1) is 0 Å². The number of hydrogen-bond acceptors (Lipinski definition) is 4. The first-order chi connectivity index (χ1) is 7.31. The lowest BCUT2D eigenvalue weighted by Crippen LogP contribution is -2.48. The van der Waals surface area contributed by atoms with Gasteiger partial charge < -0.3 is 9.80 Å². The van der Waals surface area contributed by atoms with Crippen molar-refractivity contribution in [2.75, 3.05) is 32.7 Å². The van der Waals surface area contributed by atoms with Gasteiger partial charge in [0.2, 0.25) is 0 Å². The Balaban J connectivity index is 1.93. The molecule has 0 N–H and O–H groups in total. The fraction of sp³-hybridized carbons (Fsp3) is 0.600. The lowest BCUT2D eigenvalue weighted by molar-refractivity contribution is 0.0648. The molecule has 4 nitrogen and oxygen atoms in total. The molecule has 0 aliphatic carbocycles. The number of nitrogens with zero attached hydrogens (tertiary/aromatic N) is 3. The largest absolute Gasteiger partial charge is 0.335 e. The molecule has 0 radical (unpaired) electrons. The van der Waals surface area contributed by atoms with Crippen LogP contribution in [0.25, 0.3) is 0 Å². The second kappa shape index (κ2) is 4.72. The standard InChI is InChI=1S/C10H15N3OS/c1-2-12-5-7-13(8-6-12)10(14)9-3-4-11-15-9/h3-4H,2,5-8H2,1H3. The predicted octanol–water partition coefficient (Wildman–Crippen LogP) is 0.921. The van der Waals surface area contributed by atoms with Gasteiger partial charge >= 0.3 is 0 Å². The molecule has 0 atom stereocenters. The van der Waals surface area contributed by atoms with Gasteiger partial charge in [-0.2, -0.15) is 0 Å². The third kappa shape index (κ3) is 2.35. The molecular formula is C10H15N3OS. The monoisotopic (exact) mass is 225 g/mol. The van der Waals surface area contributed by atoms with Gasteiger partial charge in [-0.15, -0.1) is 0 Å². The van der Waals surface area contributed by atoms with E-state index in [0.717, 1.165) is 37.6 Å². The minimum atomic E-state index is 0.133. The number of piperazine rings is 1. The van der Waals surface area contributed by atoms with Crippen LogP contribution in [0.2, 0.25) is 0 Å². The normalized spacial score (nSPS) is 18.1. The van der Waals surface area contributed by atoms with Crippen molar-refractivity contribution < 1.29 is 4.79 Å². The quantitative estimate of drug-likeness (QED) is 0.751. The molecule has 0 spiro atoms. The minimum absolute atomic E-state index is 0.133. The zero-order valence-electron chi connectivity index (χ0n) is 8.85. The maximum Gasteiger partial charge on any atom is 0.265 e. The van der Waals surface area contributed by atoms with Crippen molar-refractivity contribution >= 4 is 17.4 Å². The van der Waals surface area contributed by atoms with Crippen LogP contribution in [0.4, 0.5) is 0 Å². The summed E-state index contributed by atoms with van der Waals surface area (Å²) in [4.78, 5) is 17.0. The Hall–Kier alpha value is -0.940. The minimum Gasteiger partial charge on any atom is -0.335 e. The smallest absolute Gasteiger partial charge is 0.265 e. The average molecular weight is 225 g/mol. The molecule has 0 unspecified atom stereocenters. The molecule has 0 aromatic carbocycles. The molecule has 1 aliphatic heterocycles. The van der Waals surface area contributed by atoms with E-state index in [2.05, 4.69) is 16.2 Å². The maximum atomic E-state index is 11.9. The van der Waals surface area contributed by atoms with Crippen LogP contribution in [-0.4, -0.2) is 52.8 Å². The summed E-state index contributed by atoms with van der Waals surface area (Å²) in [6, 6.07) is 1.79. The first-order valence-electron chi connectivity index (χ1n) is 5.23. The zero-order chi connectivity index (χ0) is 10.7. The summed E-state index contributed by atoms with van der Waals surface area (Å²) in [5.41, 5.74) is 0. The Morgan fingerprint density at radius 1 is 1.47 bits per heavy atom. The van der Waals surface area contributed by atoms with Crippen LogP contribution in [0.5, 0.6) is 0 Å². The Labute approximate surface area is 93.7 Å². The number of rotatable bonds is 2. The van der Waals surface area contributed by atoms with Gasteiger partial charge in [0.05, 0.1) is 0 Å². The van der Waals surface area contributed by atoms with E-state index >= 15 is 0 Å². The average Bonchev–Trinajstić information content (AvgIpc) is 2.82. The summed E-state index contributed by atoms with van der Waals surface area (Å²) in [5.74, 6) is 0.133. The summed E-state index contributed by atoms with van der Waals surface area (Å²) in [7, 11) is 0. The molecule has 0 saturated carbocycles. The van der Waals surface area contributed by atoms with Crippen molar-refractivity contribution in [3.8, 4) is 0 Å². The first kappa shape index (κ1) is 10.6. The topological polar surface area (TPSA) is 36.4 Å². The molecule has 1 fully saturated rings. The summed E-state index contributed by atoms with van der Waals surface area (Å²) in [6.45, 7) is 6.88. The van der Waals surface area contributed by atoms with Crippen LogP contribution in [0.3, 0.4) is 0 Å². The molecule has 2 heterocycles. The van der Waals surface area contributed by atoms with Gasteiger partial charge in [0, 0.05) is 32.4 Å². The molecule has 1 aliphatic rings. The van der Waals surface area contributed by atoms with E-state index in [-0.39, 0.29) is 5.91 Å². The highest BCUT2D eigenvalue weighted by Crippen LogP contribution is 2.11. The van der Waals surface area contributed by atoms with E-state index in [4.69, 9.17) is 0 Å². The second-order valence-corrected chi connectivity index (χ2v) is 4.44. The van der Waals surface area contributed by atoms with E-state index < -0.39 is 0 Å². The van der Waals surface area contributed by atoms with E-state index in [9.17, 15) is 4.79 Å². The van der Waals surface area contributed by atoms with Crippen LogP contribution < -0.4 is 0 Å². The Morgan fingerprint density at radius 3 is 2.73 bits per heavy atom. The van der Waals surface area contributed by atoms with Gasteiger partial charge in [-0.05, 0) is 24.1 Å². The lowest BCUT2D eigenvalue weighted by Gasteiger charge is -2.33. The fourth-order valence-corrected chi connectivity index (χ4v) is 2.31.